The fourth-order valence-corrected chi connectivity index (χ4v) is 4.12. The highest BCUT2D eigenvalue weighted by molar-refractivity contribution is 5.95. The number of hydrogen-bond donors (Lipinski definition) is 1. The Labute approximate surface area is 167 Å². The van der Waals surface area contributed by atoms with Crippen LogP contribution in [0.2, 0.25) is 0 Å². The second kappa shape index (κ2) is 7.06. The van der Waals surface area contributed by atoms with Crippen molar-refractivity contribution >= 4 is 17.2 Å². The molecule has 1 atom stereocenters. The Bertz CT molecular complexity index is 1080. The third-order valence-corrected chi connectivity index (χ3v) is 5.82. The molecule has 1 aliphatic carbocycles. The average molecular weight is 395 g/mol. The van der Waals surface area contributed by atoms with Gasteiger partial charge in [0.2, 0.25) is 0 Å². The van der Waals surface area contributed by atoms with Crippen LogP contribution in [0.3, 0.4) is 0 Å². The number of carboxylic acids is 1. The van der Waals surface area contributed by atoms with E-state index in [1.165, 1.54) is 25.1 Å². The second-order valence-corrected chi connectivity index (χ2v) is 7.87. The second-order valence-electron chi connectivity index (χ2n) is 7.87. The molecule has 2 aliphatic rings. The maximum Gasteiger partial charge on any atom is 0.339 e. The van der Waals surface area contributed by atoms with Crippen LogP contribution < -0.4 is 9.64 Å². The van der Waals surface area contributed by atoms with Gasteiger partial charge >= 0.3 is 5.97 Å². The van der Waals surface area contributed by atoms with Crippen LogP contribution in [0.5, 0.6) is 5.75 Å². The van der Waals surface area contributed by atoms with Gasteiger partial charge in [-0.15, -0.1) is 0 Å². The van der Waals surface area contributed by atoms with Crippen LogP contribution in [0, 0.1) is 11.7 Å². The van der Waals surface area contributed by atoms with E-state index in [9.17, 15) is 14.3 Å². The molecular formula is C22H22FN3O3. The number of ether oxygens (including phenoxy) is 1. The molecule has 3 heterocycles. The van der Waals surface area contributed by atoms with E-state index in [4.69, 9.17) is 4.74 Å². The van der Waals surface area contributed by atoms with E-state index in [0.29, 0.717) is 18.0 Å². The number of carbonyl (C=O) groups is 1. The smallest absolute Gasteiger partial charge is 0.339 e. The van der Waals surface area contributed by atoms with Gasteiger partial charge in [0.25, 0.3) is 0 Å². The summed E-state index contributed by atoms with van der Waals surface area (Å²) in [6.45, 7) is 1.49. The van der Waals surface area contributed by atoms with Crippen molar-refractivity contribution in [1.82, 2.24) is 9.61 Å². The van der Waals surface area contributed by atoms with E-state index in [1.807, 2.05) is 12.1 Å². The predicted octanol–water partition coefficient (Wildman–Crippen LogP) is 4.30. The highest BCUT2D eigenvalue weighted by atomic mass is 19.1. The van der Waals surface area contributed by atoms with Crippen molar-refractivity contribution in [3.05, 3.63) is 59.7 Å². The number of pyridine rings is 1. The van der Waals surface area contributed by atoms with Crippen LogP contribution >= 0.6 is 0 Å². The first-order chi connectivity index (χ1) is 14.1. The van der Waals surface area contributed by atoms with Crippen molar-refractivity contribution in [2.24, 2.45) is 5.92 Å². The van der Waals surface area contributed by atoms with Gasteiger partial charge in [0, 0.05) is 24.0 Å². The van der Waals surface area contributed by atoms with Gasteiger partial charge in [0.15, 0.2) is 0 Å². The van der Waals surface area contributed by atoms with Crippen LogP contribution in [-0.4, -0.2) is 33.8 Å². The van der Waals surface area contributed by atoms with Crippen molar-refractivity contribution in [1.29, 1.82) is 0 Å². The molecule has 1 saturated heterocycles. The first-order valence-electron chi connectivity index (χ1n) is 10.00. The monoisotopic (exact) mass is 395 g/mol. The van der Waals surface area contributed by atoms with Gasteiger partial charge in [-0.3, -0.25) is 0 Å². The molecule has 150 valence electrons. The molecule has 6 nitrogen and oxygen atoms in total. The minimum absolute atomic E-state index is 0.0152. The Morgan fingerprint density at radius 2 is 2.10 bits per heavy atom. The minimum Gasteiger partial charge on any atom is -0.493 e. The average Bonchev–Trinajstić information content (AvgIpc) is 3.24. The molecule has 1 aliphatic heterocycles. The summed E-state index contributed by atoms with van der Waals surface area (Å²) in [5.41, 5.74) is 2.47. The molecule has 29 heavy (non-hydrogen) atoms. The molecule has 1 saturated carbocycles. The zero-order valence-electron chi connectivity index (χ0n) is 15.9. The lowest BCUT2D eigenvalue weighted by molar-refractivity contribution is 0.0699. The molecule has 7 heteroatoms. The lowest BCUT2D eigenvalue weighted by atomic mass is 10.0. The number of anilines is 1. The van der Waals surface area contributed by atoms with Crippen molar-refractivity contribution in [3.63, 3.8) is 0 Å². The largest absolute Gasteiger partial charge is 0.493 e. The van der Waals surface area contributed by atoms with Crippen LogP contribution in [0.1, 0.15) is 47.6 Å². The molecule has 3 aromatic rings. The Balaban J connectivity index is 1.50. The van der Waals surface area contributed by atoms with Crippen molar-refractivity contribution < 1.29 is 19.0 Å². The van der Waals surface area contributed by atoms with E-state index in [1.54, 1.807) is 22.8 Å². The number of carboxylic acid groups (broad SMARTS) is 1. The summed E-state index contributed by atoms with van der Waals surface area (Å²) in [7, 11) is 0. The van der Waals surface area contributed by atoms with E-state index < -0.39 is 5.97 Å². The summed E-state index contributed by atoms with van der Waals surface area (Å²) < 4.78 is 21.7. The van der Waals surface area contributed by atoms with Gasteiger partial charge in [-0.25, -0.2) is 13.7 Å². The van der Waals surface area contributed by atoms with Crippen LogP contribution in [0.4, 0.5) is 10.1 Å². The summed E-state index contributed by atoms with van der Waals surface area (Å²) in [6, 6.07) is 8.51. The zero-order chi connectivity index (χ0) is 20.0. The number of fused-ring (bicyclic) bond motifs is 1. The number of nitrogens with zero attached hydrogens (tertiary/aromatic N) is 3. The summed E-state index contributed by atoms with van der Waals surface area (Å²) in [6.07, 6.45) is 7.38. The number of rotatable bonds is 6. The predicted molar refractivity (Wildman–Crippen MR) is 106 cm³/mol. The summed E-state index contributed by atoms with van der Waals surface area (Å²) in [5.74, 6) is 0.0826. The SMILES string of the molecule is O=C(O)c1cnn2ccc(N3CCC[C@@H]3c3cc(F)ccc3OCC3CC3)cc12. The topological polar surface area (TPSA) is 67.1 Å². The highest BCUT2D eigenvalue weighted by Crippen LogP contribution is 2.41. The number of benzene rings is 1. The van der Waals surface area contributed by atoms with Gasteiger partial charge < -0.3 is 14.7 Å². The molecule has 0 bridgehead atoms. The van der Waals surface area contributed by atoms with Crippen LogP contribution in [-0.2, 0) is 0 Å². The van der Waals surface area contributed by atoms with Crippen LogP contribution in [0.15, 0.2) is 42.7 Å². The number of halogens is 1. The quantitative estimate of drug-likeness (QED) is 0.674. The molecule has 2 fully saturated rings. The third kappa shape index (κ3) is 3.41. The maximum atomic E-state index is 14.1. The Kier molecular flexibility index (Phi) is 4.38. The summed E-state index contributed by atoms with van der Waals surface area (Å²) >= 11 is 0. The van der Waals surface area contributed by atoms with Gasteiger partial charge in [0.1, 0.15) is 17.1 Å². The van der Waals surface area contributed by atoms with Gasteiger partial charge in [-0.05, 0) is 61.9 Å². The molecule has 5 rings (SSSR count). The summed E-state index contributed by atoms with van der Waals surface area (Å²) in [5, 5.41) is 13.5. The highest BCUT2D eigenvalue weighted by Gasteiger charge is 2.30. The number of hydrogen-bond acceptors (Lipinski definition) is 4. The summed E-state index contributed by atoms with van der Waals surface area (Å²) in [4.78, 5) is 13.7. The maximum absolute atomic E-state index is 14.1. The lowest BCUT2D eigenvalue weighted by Crippen LogP contribution is -2.23. The Morgan fingerprint density at radius 1 is 1.24 bits per heavy atom. The van der Waals surface area contributed by atoms with Gasteiger partial charge in [-0.1, -0.05) is 0 Å². The van der Waals surface area contributed by atoms with E-state index in [-0.39, 0.29) is 17.4 Å². The third-order valence-electron chi connectivity index (χ3n) is 5.82. The minimum atomic E-state index is -1.00. The van der Waals surface area contributed by atoms with Crippen molar-refractivity contribution in [2.45, 2.75) is 31.7 Å². The fraction of sp³-hybridized carbons (Fsp3) is 0.364. The van der Waals surface area contributed by atoms with E-state index >= 15 is 0 Å². The van der Waals surface area contributed by atoms with Gasteiger partial charge in [-0.2, -0.15) is 5.10 Å². The molecule has 1 aromatic carbocycles. The van der Waals surface area contributed by atoms with Gasteiger partial charge in [0.05, 0.1) is 24.4 Å². The Hall–Kier alpha value is -3.09. The Morgan fingerprint density at radius 3 is 2.90 bits per heavy atom. The van der Waals surface area contributed by atoms with E-state index in [2.05, 4.69) is 10.00 Å². The number of aromatic carboxylic acids is 1. The first-order valence-corrected chi connectivity index (χ1v) is 10.00. The normalized spacial score (nSPS) is 19.1. The van der Waals surface area contributed by atoms with E-state index in [0.717, 1.165) is 36.4 Å². The van der Waals surface area contributed by atoms with Crippen molar-refractivity contribution in [3.8, 4) is 5.75 Å². The van der Waals surface area contributed by atoms with Crippen LogP contribution in [0.25, 0.3) is 5.52 Å². The zero-order valence-corrected chi connectivity index (χ0v) is 15.9. The molecule has 0 unspecified atom stereocenters. The number of aromatic nitrogens is 2. The molecular weight excluding hydrogens is 373 g/mol. The first kappa shape index (κ1) is 18.0. The fourth-order valence-electron chi connectivity index (χ4n) is 4.12. The lowest BCUT2D eigenvalue weighted by Gasteiger charge is -2.28. The molecule has 0 spiro atoms. The molecule has 1 N–H and O–H groups in total. The molecule has 2 aromatic heterocycles. The molecule has 0 radical (unpaired) electrons. The molecule has 0 amide bonds. The van der Waals surface area contributed by atoms with Crippen molar-refractivity contribution in [2.75, 3.05) is 18.1 Å². The standard InChI is InChI=1S/C22H22FN3O3/c23-15-5-6-21(29-13-14-3-4-14)17(10-15)19-2-1-8-25(19)16-7-9-26-20(11-16)18(12-24-26)22(27)28/h5-7,9-12,14,19H,1-4,8,13H2,(H,27,28)/t19-/m1/s1.